The molecule has 0 saturated carbocycles. The fourth-order valence-corrected chi connectivity index (χ4v) is 1.22. The Morgan fingerprint density at radius 2 is 2.36 bits per heavy atom. The van der Waals surface area contributed by atoms with Gasteiger partial charge in [0.15, 0.2) is 0 Å². The van der Waals surface area contributed by atoms with E-state index in [-0.39, 0.29) is 5.82 Å². The smallest absolute Gasteiger partial charge is 0.233 e. The minimum Gasteiger partial charge on any atom is -0.259 e. The zero-order valence-corrected chi connectivity index (χ0v) is 7.28. The average molecular weight is 168 g/mol. The van der Waals surface area contributed by atoms with Gasteiger partial charge in [-0.05, 0) is 24.7 Å². The summed E-state index contributed by atoms with van der Waals surface area (Å²) in [5, 5.41) is 0. The summed E-state index contributed by atoms with van der Waals surface area (Å²) in [5.74, 6) is -0.259. The van der Waals surface area contributed by atoms with Gasteiger partial charge in [0.2, 0.25) is 6.56 Å². The Labute approximate surface area is 70.6 Å². The fourth-order valence-electron chi connectivity index (χ4n) is 0.782. The number of nitrogens with zero attached hydrogens (tertiary/aromatic N) is 1. The standard InChI is InChI=1S/C7H8BFNS/c1-5-3-6(8-11-2)7(9)4-10-5/h3-4H,1-2H3. The van der Waals surface area contributed by atoms with Crippen LogP contribution in [0, 0.1) is 12.7 Å². The first-order valence-electron chi connectivity index (χ1n) is 3.22. The van der Waals surface area contributed by atoms with Crippen molar-refractivity contribution < 1.29 is 4.39 Å². The third kappa shape index (κ3) is 2.22. The molecule has 0 aromatic carbocycles. The molecule has 0 unspecified atom stereocenters. The Morgan fingerprint density at radius 1 is 1.64 bits per heavy atom. The molecule has 0 spiro atoms. The van der Waals surface area contributed by atoms with E-state index in [1.165, 1.54) is 17.8 Å². The van der Waals surface area contributed by atoms with Crippen LogP contribution in [0.3, 0.4) is 0 Å². The van der Waals surface area contributed by atoms with Crippen LogP contribution in [0.5, 0.6) is 0 Å². The lowest BCUT2D eigenvalue weighted by atomic mass is 9.94. The van der Waals surface area contributed by atoms with Crippen molar-refractivity contribution in [3.63, 3.8) is 0 Å². The van der Waals surface area contributed by atoms with Crippen molar-refractivity contribution in [3.05, 3.63) is 23.8 Å². The summed E-state index contributed by atoms with van der Waals surface area (Å²) in [4.78, 5) is 3.82. The van der Waals surface area contributed by atoms with Gasteiger partial charge in [-0.25, -0.2) is 16.0 Å². The van der Waals surface area contributed by atoms with Crippen LogP contribution in [0.1, 0.15) is 5.69 Å². The summed E-state index contributed by atoms with van der Waals surface area (Å²) in [6, 6.07) is 1.73. The number of aryl methyl sites for hydroxylation is 1. The first-order chi connectivity index (χ1) is 5.24. The summed E-state index contributed by atoms with van der Waals surface area (Å²) < 4.78 is 12.8. The van der Waals surface area contributed by atoms with Gasteiger partial charge in [0.25, 0.3) is 0 Å². The largest absolute Gasteiger partial charge is 0.259 e. The van der Waals surface area contributed by atoms with Crippen molar-refractivity contribution in [1.82, 2.24) is 4.98 Å². The molecule has 1 nitrogen and oxygen atoms in total. The Balaban J connectivity index is 2.93. The molecular formula is C7H8BFNS. The first-order valence-corrected chi connectivity index (χ1v) is 4.51. The number of halogens is 1. The predicted molar refractivity (Wildman–Crippen MR) is 47.8 cm³/mol. The van der Waals surface area contributed by atoms with E-state index in [4.69, 9.17) is 0 Å². The number of pyridine rings is 1. The monoisotopic (exact) mass is 168 g/mol. The van der Waals surface area contributed by atoms with Gasteiger partial charge >= 0.3 is 0 Å². The summed E-state index contributed by atoms with van der Waals surface area (Å²) in [5.41, 5.74) is 1.46. The lowest BCUT2D eigenvalue weighted by molar-refractivity contribution is 0.628. The number of rotatable bonds is 2. The molecule has 0 aliphatic rings. The van der Waals surface area contributed by atoms with Gasteiger partial charge in [0.1, 0.15) is 5.82 Å². The molecular weight excluding hydrogens is 160 g/mol. The van der Waals surface area contributed by atoms with Crippen molar-refractivity contribution in [2.75, 3.05) is 6.26 Å². The normalized spacial score (nSPS) is 9.73. The average Bonchev–Trinajstić information content (AvgIpc) is 1.98. The van der Waals surface area contributed by atoms with Crippen LogP contribution in [0.4, 0.5) is 4.39 Å². The second-order valence-corrected chi connectivity index (χ2v) is 2.91. The van der Waals surface area contributed by atoms with Crippen LogP contribution < -0.4 is 5.46 Å². The SMILES string of the molecule is CS[B]c1cc(C)ncc1F. The Kier molecular flexibility index (Phi) is 2.94. The molecule has 1 radical (unpaired) electrons. The van der Waals surface area contributed by atoms with Gasteiger partial charge in [-0.15, -0.1) is 0 Å². The molecule has 1 aromatic rings. The van der Waals surface area contributed by atoms with E-state index < -0.39 is 0 Å². The van der Waals surface area contributed by atoms with Crippen LogP contribution in [-0.4, -0.2) is 17.8 Å². The molecule has 0 aliphatic carbocycles. The molecule has 1 heterocycles. The second kappa shape index (κ2) is 3.76. The van der Waals surface area contributed by atoms with Crippen LogP contribution in [0.2, 0.25) is 0 Å². The number of aromatic nitrogens is 1. The molecule has 0 N–H and O–H groups in total. The van der Waals surface area contributed by atoms with E-state index in [1.807, 2.05) is 13.2 Å². The zero-order valence-electron chi connectivity index (χ0n) is 6.47. The maximum Gasteiger partial charge on any atom is 0.233 e. The predicted octanol–water partition coefficient (Wildman–Crippen LogP) is 1.14. The minimum absolute atomic E-state index is 0.259. The number of hydrogen-bond acceptors (Lipinski definition) is 2. The van der Waals surface area contributed by atoms with E-state index in [1.54, 1.807) is 12.6 Å². The molecule has 0 saturated heterocycles. The molecule has 11 heavy (non-hydrogen) atoms. The van der Waals surface area contributed by atoms with E-state index in [2.05, 4.69) is 4.98 Å². The van der Waals surface area contributed by atoms with Gasteiger partial charge < -0.3 is 0 Å². The molecule has 0 aliphatic heterocycles. The third-order valence-corrected chi connectivity index (χ3v) is 1.76. The first kappa shape index (κ1) is 8.59. The Hall–Kier alpha value is -0.505. The summed E-state index contributed by atoms with van der Waals surface area (Å²) in [6.07, 6.45) is 3.15. The van der Waals surface area contributed by atoms with Gasteiger partial charge in [-0.3, -0.25) is 4.98 Å². The maximum absolute atomic E-state index is 12.8. The highest BCUT2D eigenvalue weighted by Gasteiger charge is 2.02. The molecule has 0 amide bonds. The van der Waals surface area contributed by atoms with Crippen molar-refractivity contribution in [2.45, 2.75) is 6.92 Å². The van der Waals surface area contributed by atoms with Crippen molar-refractivity contribution in [2.24, 2.45) is 0 Å². The highest BCUT2D eigenvalue weighted by molar-refractivity contribution is 8.23. The van der Waals surface area contributed by atoms with Gasteiger partial charge in [-0.1, -0.05) is 0 Å². The van der Waals surface area contributed by atoms with Crippen molar-refractivity contribution in [3.8, 4) is 0 Å². The van der Waals surface area contributed by atoms with Crippen LogP contribution >= 0.6 is 11.6 Å². The van der Waals surface area contributed by atoms with Crippen molar-refractivity contribution >= 4 is 23.6 Å². The van der Waals surface area contributed by atoms with E-state index in [0.29, 0.717) is 5.46 Å². The van der Waals surface area contributed by atoms with E-state index in [9.17, 15) is 4.39 Å². The molecule has 1 aromatic heterocycles. The second-order valence-electron chi connectivity index (χ2n) is 2.20. The lowest BCUT2D eigenvalue weighted by Gasteiger charge is -1.99. The lowest BCUT2D eigenvalue weighted by Crippen LogP contribution is -2.16. The fraction of sp³-hybridized carbons (Fsp3) is 0.286. The topological polar surface area (TPSA) is 12.9 Å². The zero-order chi connectivity index (χ0) is 8.27. The molecule has 4 heteroatoms. The van der Waals surface area contributed by atoms with Gasteiger partial charge in [0.05, 0.1) is 6.20 Å². The quantitative estimate of drug-likeness (QED) is 0.614. The molecule has 0 bridgehead atoms. The molecule has 0 atom stereocenters. The highest BCUT2D eigenvalue weighted by Crippen LogP contribution is 1.97. The molecule has 1 rings (SSSR count). The van der Waals surface area contributed by atoms with Crippen molar-refractivity contribution in [1.29, 1.82) is 0 Å². The summed E-state index contributed by atoms with van der Waals surface area (Å²) in [6.45, 7) is 3.61. The van der Waals surface area contributed by atoms with E-state index in [0.717, 1.165) is 5.69 Å². The van der Waals surface area contributed by atoms with Gasteiger partial charge in [-0.2, -0.15) is 0 Å². The van der Waals surface area contributed by atoms with E-state index >= 15 is 0 Å². The Bertz CT molecular complexity index is 254. The van der Waals surface area contributed by atoms with Crippen LogP contribution in [0.25, 0.3) is 0 Å². The van der Waals surface area contributed by atoms with Gasteiger partial charge in [0, 0.05) is 5.69 Å². The molecule has 57 valence electrons. The summed E-state index contributed by atoms with van der Waals surface area (Å²) >= 11 is 1.48. The summed E-state index contributed by atoms with van der Waals surface area (Å²) in [7, 11) is 0. The Morgan fingerprint density at radius 3 is 3.00 bits per heavy atom. The number of hydrogen-bond donors (Lipinski definition) is 0. The maximum atomic E-state index is 12.8. The third-order valence-electron chi connectivity index (χ3n) is 1.27. The van der Waals surface area contributed by atoms with Crippen LogP contribution in [-0.2, 0) is 0 Å². The minimum atomic E-state index is -0.259. The molecule has 0 fully saturated rings. The highest BCUT2D eigenvalue weighted by atomic mass is 32.2. The van der Waals surface area contributed by atoms with Crippen LogP contribution in [0.15, 0.2) is 12.3 Å².